The second-order valence-corrected chi connectivity index (χ2v) is 52.8. The molecule has 17 rings (SSSR count). The second kappa shape index (κ2) is 45.7. The summed E-state index contributed by atoms with van der Waals surface area (Å²) in [6.45, 7) is 56.6. The molecule has 144 heavy (non-hydrogen) atoms. The Bertz CT molecular complexity index is 6260. The fourth-order valence-electron chi connectivity index (χ4n) is 20.5. The summed E-state index contributed by atoms with van der Waals surface area (Å²) >= 11 is 0. The van der Waals surface area contributed by atoms with Crippen molar-refractivity contribution in [1.29, 1.82) is 0 Å². The van der Waals surface area contributed by atoms with Gasteiger partial charge in [-0.3, -0.25) is 0 Å². The van der Waals surface area contributed by atoms with Crippen LogP contribution in [0.25, 0.3) is 44.5 Å². The summed E-state index contributed by atoms with van der Waals surface area (Å²) in [4.78, 5) is 0. The largest absolute Gasteiger partial charge is 0.497 e. The molecular weight excluding hydrogens is 1870 g/mol. The van der Waals surface area contributed by atoms with Crippen LogP contribution in [0, 0.1) is 55.4 Å². The van der Waals surface area contributed by atoms with Crippen molar-refractivity contribution in [3.8, 4) is 108 Å². The number of ether oxygens (including phenoxy) is 10. The Labute approximate surface area is 859 Å². The summed E-state index contributed by atoms with van der Waals surface area (Å²) in [6.07, 6.45) is 6.77. The molecule has 0 radical (unpaired) electrons. The lowest BCUT2D eigenvalue weighted by Gasteiger charge is -2.27. The molecule has 6 heterocycles. The predicted octanol–water partition coefficient (Wildman–Crippen LogP) is 24.3. The lowest BCUT2D eigenvalue weighted by molar-refractivity contribution is 0.0553. The summed E-state index contributed by atoms with van der Waals surface area (Å²) < 4.78 is 129. The predicted molar refractivity (Wildman–Crippen MR) is 584 cm³/mol. The van der Waals surface area contributed by atoms with Gasteiger partial charge in [0.1, 0.15) is 100 Å². The molecule has 22 nitrogen and oxygen atoms in total. The lowest BCUT2D eigenvalue weighted by Crippen LogP contribution is -2.39. The highest BCUT2D eigenvalue weighted by Crippen LogP contribution is 2.51. The first-order chi connectivity index (χ1) is 67.4. The van der Waals surface area contributed by atoms with E-state index >= 15 is 0 Å². The van der Waals surface area contributed by atoms with E-state index in [4.69, 9.17) is 47.4 Å². The van der Waals surface area contributed by atoms with E-state index in [0.29, 0.717) is 84.2 Å². The standard InChI is InChI=1S/C26H35NO3S.C25H33NO4S.C25H35NO3.C24H33NO4S.C19H23NO3/c1-17-15-20(30-19-11-13-31(28,29)14-12-19)16-18(2)25(17)23-8-6-7-22-21(23)9-10-24(22)27-26(3,4)5;1-16-13-19(30-18-9-11-31(27,28)12-10-18)14-17(2)23(16)21-8-6-7-20-22(15-29-24(20)21)26-25(3,4)5;1-16-13-18(28-12-11-25(6,7)27)14-17(2)22(16)20-10-8-9-19-21(15-29-23(19)20)26-24(3,4)5;1-16-13-18(28-11-8-12-30(6,26)27)14-17(2)22(16)20-10-7-9-19-21(15-29-23(19)20)25-24(3,4)5;1-19(2,3)20-16-12-22-18-15(16)6-5-7-17(18)23-14-10-8-13(21-4)9-11-14/h6-8,15-16,19,24,27H,9-14H2,1-5H3;6-8,13-14,18,22,26H,9-12,15H2,1-5H3;8-10,13-14,21,26-27H,11-12,15H2,1-7H3;7,9-10,13-14,21,25H,8,11-12,15H2,1-6H3;5-11,16,20H,12H2,1-4H3/t24-;22-;2*21-;16-/m11111/s1. The Morgan fingerprint density at radius 2 is 0.660 bits per heavy atom. The van der Waals surface area contributed by atoms with Gasteiger partial charge in [-0.15, -0.1) is 0 Å². The molecule has 1 aliphatic carbocycles. The Balaban J connectivity index is 0.000000151. The Morgan fingerprint density at radius 1 is 0.361 bits per heavy atom. The molecule has 0 spiro atoms. The van der Waals surface area contributed by atoms with Crippen LogP contribution in [-0.2, 0) is 35.9 Å². The van der Waals surface area contributed by atoms with Gasteiger partial charge in [0, 0.05) is 85.4 Å². The molecule has 10 aromatic rings. The molecule has 0 unspecified atom stereocenters. The van der Waals surface area contributed by atoms with E-state index in [9.17, 15) is 30.4 Å². The first-order valence-electron chi connectivity index (χ1n) is 51.1. The Morgan fingerprint density at radius 3 is 1.00 bits per heavy atom. The van der Waals surface area contributed by atoms with Gasteiger partial charge in [0.15, 0.2) is 31.2 Å². The van der Waals surface area contributed by atoms with Crippen molar-refractivity contribution in [2.75, 3.05) is 81.8 Å². The summed E-state index contributed by atoms with van der Waals surface area (Å²) in [5, 5.41) is 28.2. The van der Waals surface area contributed by atoms with E-state index in [2.05, 4.69) is 301 Å². The van der Waals surface area contributed by atoms with Crippen LogP contribution in [-0.4, -0.2) is 158 Å². The van der Waals surface area contributed by atoms with Gasteiger partial charge in [-0.25, -0.2) is 25.3 Å². The SMILES string of the molecule is COc1ccc(Oc2cccc3c2OC[C@H]3NC(C)(C)C)cc1.Cc1cc(OC2CCS(=O)(=O)CC2)cc(C)c1-c1cccc2c1CC[C@H]2NC(C)(C)C.Cc1cc(OC2CCS(=O)(=O)CC2)cc(C)c1-c1cccc2c1OC[C@H]2NC(C)(C)C.Cc1cc(OCCC(C)(C)O)cc(C)c1-c1cccc2c1OC[C@H]2NC(C)(C)C.Cc1cc(OCCCS(C)(=O)=O)cc(C)c1-c1cccc2c1OC[C@H]2NC(C)(C)C. The molecular formula is C119H159N5O17S3. The van der Waals surface area contributed by atoms with Crippen LogP contribution in [0.2, 0.25) is 0 Å². The van der Waals surface area contributed by atoms with Crippen molar-refractivity contribution in [2.45, 2.75) is 300 Å². The first-order valence-corrected chi connectivity index (χ1v) is 56.8. The van der Waals surface area contributed by atoms with Gasteiger partial charge in [-0.05, 0) is 380 Å². The number of aryl methyl sites for hydroxylation is 8. The maximum Gasteiger partial charge on any atom is 0.169 e. The topological polar surface area (TPSA) is 275 Å². The van der Waals surface area contributed by atoms with Gasteiger partial charge in [0.05, 0.1) is 78.9 Å². The highest BCUT2D eigenvalue weighted by Gasteiger charge is 2.38. The molecule has 2 saturated heterocycles. The van der Waals surface area contributed by atoms with Crippen molar-refractivity contribution in [2.24, 2.45) is 0 Å². The number of aliphatic hydroxyl groups is 1. The van der Waals surface area contributed by atoms with Gasteiger partial charge < -0.3 is 79.1 Å². The molecule has 5 atom stereocenters. The molecule has 25 heteroatoms. The maximum absolute atomic E-state index is 11.7. The van der Waals surface area contributed by atoms with Crippen LogP contribution < -0.4 is 74.0 Å². The Kier molecular flexibility index (Phi) is 35.2. The lowest BCUT2D eigenvalue weighted by atomic mass is 9.90. The molecule has 6 N–H and O–H groups in total. The zero-order chi connectivity index (χ0) is 105. The number of para-hydroxylation sites is 4. The highest BCUT2D eigenvalue weighted by atomic mass is 32.2. The molecule has 6 aliphatic heterocycles. The molecule has 0 aromatic heterocycles. The molecule has 0 saturated carbocycles. The molecule has 0 bridgehead atoms. The highest BCUT2D eigenvalue weighted by molar-refractivity contribution is 7.91. The van der Waals surface area contributed by atoms with E-state index in [-0.39, 0.29) is 92.8 Å². The third kappa shape index (κ3) is 30.3. The number of sulfone groups is 3. The molecule has 10 aromatic carbocycles. The van der Waals surface area contributed by atoms with Crippen LogP contribution in [0.1, 0.15) is 271 Å². The number of benzene rings is 10. The molecule has 2 fully saturated rings. The number of methoxy groups -OCH3 is 1. The van der Waals surface area contributed by atoms with Crippen LogP contribution in [0.15, 0.2) is 164 Å². The second-order valence-electron chi connectivity index (χ2n) is 45.9. The van der Waals surface area contributed by atoms with Gasteiger partial charge in [-0.1, -0.05) is 84.9 Å². The fraction of sp³-hybridized carbons (Fsp3) is 0.496. The summed E-state index contributed by atoms with van der Waals surface area (Å²) in [7, 11) is -7.07. The maximum atomic E-state index is 11.7. The van der Waals surface area contributed by atoms with E-state index in [1.807, 2.05) is 48.5 Å². The van der Waals surface area contributed by atoms with Crippen molar-refractivity contribution >= 4 is 29.5 Å². The average Bonchev–Trinajstić information content (AvgIpc) is 1.59. The minimum Gasteiger partial charge on any atom is -0.497 e. The minimum absolute atomic E-state index is 0.00751. The average molecular weight is 2030 g/mol. The molecule has 780 valence electrons. The third-order valence-corrected chi connectivity index (χ3v) is 30.9. The summed E-state index contributed by atoms with van der Waals surface area (Å²) in [5.41, 5.74) is 25.8. The van der Waals surface area contributed by atoms with E-state index < -0.39 is 35.1 Å². The van der Waals surface area contributed by atoms with Gasteiger partial charge in [-0.2, -0.15) is 0 Å². The van der Waals surface area contributed by atoms with Gasteiger partial charge in [0.25, 0.3) is 0 Å². The van der Waals surface area contributed by atoms with E-state index in [0.717, 1.165) is 137 Å². The van der Waals surface area contributed by atoms with Gasteiger partial charge >= 0.3 is 0 Å². The van der Waals surface area contributed by atoms with Gasteiger partial charge in [0.2, 0.25) is 0 Å². The smallest absolute Gasteiger partial charge is 0.169 e. The van der Waals surface area contributed by atoms with Crippen molar-refractivity contribution in [1.82, 2.24) is 26.6 Å². The van der Waals surface area contributed by atoms with Crippen LogP contribution >= 0.6 is 0 Å². The van der Waals surface area contributed by atoms with Crippen LogP contribution in [0.3, 0.4) is 0 Å². The summed E-state index contributed by atoms with van der Waals surface area (Å²) in [6, 6.07) is 57.1. The van der Waals surface area contributed by atoms with Crippen molar-refractivity contribution in [3.05, 3.63) is 242 Å². The normalized spacial score (nSPS) is 18.4. The fourth-order valence-corrected chi connectivity index (χ4v) is 24.1. The number of rotatable bonds is 25. The van der Waals surface area contributed by atoms with Crippen molar-refractivity contribution < 1.29 is 77.7 Å². The quantitative estimate of drug-likeness (QED) is 0.0290. The van der Waals surface area contributed by atoms with Crippen LogP contribution in [0.4, 0.5) is 0 Å². The monoisotopic (exact) mass is 2030 g/mol. The first kappa shape index (κ1) is 111. The van der Waals surface area contributed by atoms with Crippen LogP contribution in [0.5, 0.6) is 63.2 Å². The minimum atomic E-state index is -2.96. The molecule has 0 amide bonds. The number of nitrogens with one attached hydrogen (secondary N) is 5. The van der Waals surface area contributed by atoms with E-state index in [1.54, 1.807) is 21.0 Å². The number of hydrogen-bond acceptors (Lipinski definition) is 22. The van der Waals surface area contributed by atoms with Crippen molar-refractivity contribution in [3.63, 3.8) is 0 Å². The zero-order valence-electron chi connectivity index (χ0n) is 90.3. The molecule has 7 aliphatic rings. The summed E-state index contributed by atoms with van der Waals surface area (Å²) in [5.74, 6) is 10.3. The third-order valence-electron chi connectivity index (χ3n) is 26.4. The Hall–Kier alpha value is -10.2. The van der Waals surface area contributed by atoms with E-state index in [1.165, 1.54) is 67.5 Å². The zero-order valence-corrected chi connectivity index (χ0v) is 92.7. The number of fused-ring (bicyclic) bond motifs is 5. The number of hydrogen-bond donors (Lipinski definition) is 6.